The van der Waals surface area contributed by atoms with Gasteiger partial charge in [0, 0.05) is 29.9 Å². The van der Waals surface area contributed by atoms with Gasteiger partial charge in [0.25, 0.3) is 0 Å². The lowest BCUT2D eigenvalue weighted by Gasteiger charge is -2.19. The standard InChI is InChI=1S/C15H16ClN3S/c1-10-6-12(15(17)20)8-14(18-10)19(2)9-11-4-3-5-13(16)7-11/h3-8H,9H2,1-2H3,(H2,17,20). The Morgan fingerprint density at radius 3 is 2.75 bits per heavy atom. The molecule has 2 aromatic rings. The van der Waals surface area contributed by atoms with Crippen LogP contribution in [-0.4, -0.2) is 17.0 Å². The van der Waals surface area contributed by atoms with Gasteiger partial charge in [-0.25, -0.2) is 4.98 Å². The minimum absolute atomic E-state index is 0.382. The van der Waals surface area contributed by atoms with Crippen LogP contribution in [0.1, 0.15) is 16.8 Å². The molecule has 0 spiro atoms. The summed E-state index contributed by atoms with van der Waals surface area (Å²) >= 11 is 11.0. The largest absolute Gasteiger partial charge is 0.389 e. The van der Waals surface area contributed by atoms with E-state index in [1.54, 1.807) is 0 Å². The molecule has 0 fully saturated rings. The van der Waals surface area contributed by atoms with Crippen molar-refractivity contribution in [3.8, 4) is 0 Å². The van der Waals surface area contributed by atoms with E-state index in [0.29, 0.717) is 11.5 Å². The molecule has 0 saturated carbocycles. The topological polar surface area (TPSA) is 42.1 Å². The quantitative estimate of drug-likeness (QED) is 0.880. The zero-order valence-corrected chi connectivity index (χ0v) is 13.0. The summed E-state index contributed by atoms with van der Waals surface area (Å²) in [6.45, 7) is 2.65. The van der Waals surface area contributed by atoms with Crippen LogP contribution < -0.4 is 10.6 Å². The van der Waals surface area contributed by atoms with E-state index in [0.717, 1.165) is 27.7 Å². The van der Waals surface area contributed by atoms with E-state index in [4.69, 9.17) is 29.6 Å². The minimum Gasteiger partial charge on any atom is -0.389 e. The minimum atomic E-state index is 0.382. The molecule has 2 N–H and O–H groups in total. The van der Waals surface area contributed by atoms with Gasteiger partial charge in [-0.2, -0.15) is 0 Å². The van der Waals surface area contributed by atoms with E-state index in [9.17, 15) is 0 Å². The maximum absolute atomic E-state index is 6.00. The first kappa shape index (κ1) is 14.8. The van der Waals surface area contributed by atoms with E-state index in [1.165, 1.54) is 0 Å². The molecule has 3 nitrogen and oxygen atoms in total. The average Bonchev–Trinajstić information content (AvgIpc) is 2.37. The van der Waals surface area contributed by atoms with Gasteiger partial charge < -0.3 is 10.6 Å². The van der Waals surface area contributed by atoms with Crippen molar-refractivity contribution in [1.82, 2.24) is 4.98 Å². The molecule has 0 saturated heterocycles. The Labute approximate surface area is 129 Å². The van der Waals surface area contributed by atoms with Crippen LogP contribution in [0.15, 0.2) is 36.4 Å². The molecule has 1 heterocycles. The fourth-order valence-electron chi connectivity index (χ4n) is 1.98. The third-order valence-corrected chi connectivity index (χ3v) is 3.40. The first-order valence-corrected chi connectivity index (χ1v) is 6.98. The number of nitrogens with zero attached hydrogens (tertiary/aromatic N) is 2. The molecule has 0 radical (unpaired) electrons. The van der Waals surface area contributed by atoms with Crippen molar-refractivity contribution < 1.29 is 0 Å². The molecular formula is C15H16ClN3S. The lowest BCUT2D eigenvalue weighted by atomic mass is 10.2. The highest BCUT2D eigenvalue weighted by Gasteiger charge is 2.08. The first-order valence-electron chi connectivity index (χ1n) is 6.20. The van der Waals surface area contributed by atoms with Crippen LogP contribution in [0.2, 0.25) is 5.02 Å². The van der Waals surface area contributed by atoms with Gasteiger partial charge >= 0.3 is 0 Å². The van der Waals surface area contributed by atoms with Crippen LogP contribution in [0, 0.1) is 6.92 Å². The molecule has 20 heavy (non-hydrogen) atoms. The van der Waals surface area contributed by atoms with Gasteiger partial charge in [0.05, 0.1) is 0 Å². The highest BCUT2D eigenvalue weighted by Crippen LogP contribution is 2.18. The van der Waals surface area contributed by atoms with Crippen LogP contribution in [-0.2, 0) is 6.54 Å². The molecular weight excluding hydrogens is 290 g/mol. The predicted octanol–water partition coefficient (Wildman–Crippen LogP) is 3.31. The molecule has 0 aliphatic carbocycles. The Hall–Kier alpha value is -1.65. The first-order chi connectivity index (χ1) is 9.45. The number of aromatic nitrogens is 1. The summed E-state index contributed by atoms with van der Waals surface area (Å²) < 4.78 is 0. The molecule has 0 unspecified atom stereocenters. The predicted molar refractivity (Wildman–Crippen MR) is 88.4 cm³/mol. The van der Waals surface area contributed by atoms with Gasteiger partial charge in [-0.15, -0.1) is 0 Å². The number of nitrogens with two attached hydrogens (primary N) is 1. The SMILES string of the molecule is Cc1cc(C(N)=S)cc(N(C)Cc2cccc(Cl)c2)n1. The number of halogens is 1. The Bertz CT molecular complexity index is 643. The third-order valence-electron chi connectivity index (χ3n) is 2.92. The normalized spacial score (nSPS) is 10.3. The van der Waals surface area contributed by atoms with Crippen LogP contribution in [0.25, 0.3) is 0 Å². The number of thiocarbonyl (C=S) groups is 1. The van der Waals surface area contributed by atoms with Crippen molar-refractivity contribution in [2.75, 3.05) is 11.9 Å². The average molecular weight is 306 g/mol. The second-order valence-corrected chi connectivity index (χ2v) is 5.58. The molecule has 1 aromatic carbocycles. The molecule has 0 aliphatic rings. The number of aryl methyl sites for hydroxylation is 1. The van der Waals surface area contributed by atoms with Crippen molar-refractivity contribution in [3.63, 3.8) is 0 Å². The maximum atomic E-state index is 6.00. The molecule has 5 heteroatoms. The number of hydrogen-bond donors (Lipinski definition) is 1. The molecule has 0 bridgehead atoms. The molecule has 0 amide bonds. The fraction of sp³-hybridized carbons (Fsp3) is 0.200. The summed E-state index contributed by atoms with van der Waals surface area (Å²) in [6, 6.07) is 11.6. The van der Waals surface area contributed by atoms with E-state index in [2.05, 4.69) is 4.98 Å². The van der Waals surface area contributed by atoms with Crippen LogP contribution >= 0.6 is 23.8 Å². The molecule has 104 valence electrons. The fourth-order valence-corrected chi connectivity index (χ4v) is 2.31. The molecule has 2 rings (SSSR count). The lowest BCUT2D eigenvalue weighted by Crippen LogP contribution is -2.19. The summed E-state index contributed by atoms with van der Waals surface area (Å²) in [4.78, 5) is 6.94. The van der Waals surface area contributed by atoms with Crippen LogP contribution in [0.5, 0.6) is 0 Å². The van der Waals surface area contributed by atoms with Crippen molar-refractivity contribution in [3.05, 3.63) is 58.2 Å². The van der Waals surface area contributed by atoms with Crippen molar-refractivity contribution in [2.24, 2.45) is 5.73 Å². The second kappa shape index (κ2) is 6.20. The lowest BCUT2D eigenvalue weighted by molar-refractivity contribution is 0.892. The zero-order valence-electron chi connectivity index (χ0n) is 11.4. The Balaban J connectivity index is 2.25. The van der Waals surface area contributed by atoms with Gasteiger partial charge in [-0.3, -0.25) is 0 Å². The van der Waals surface area contributed by atoms with E-state index < -0.39 is 0 Å². The van der Waals surface area contributed by atoms with Gasteiger partial charge in [-0.05, 0) is 36.8 Å². The molecule has 1 aromatic heterocycles. The van der Waals surface area contributed by atoms with Gasteiger partial charge in [0.2, 0.25) is 0 Å². The Morgan fingerprint density at radius 1 is 1.35 bits per heavy atom. The smallest absolute Gasteiger partial charge is 0.129 e. The summed E-state index contributed by atoms with van der Waals surface area (Å²) in [7, 11) is 1.98. The zero-order chi connectivity index (χ0) is 14.7. The van der Waals surface area contributed by atoms with Gasteiger partial charge in [0.1, 0.15) is 10.8 Å². The highest BCUT2D eigenvalue weighted by atomic mass is 35.5. The highest BCUT2D eigenvalue weighted by molar-refractivity contribution is 7.80. The van der Waals surface area contributed by atoms with Crippen molar-refractivity contribution in [2.45, 2.75) is 13.5 Å². The maximum Gasteiger partial charge on any atom is 0.129 e. The van der Waals surface area contributed by atoms with Crippen molar-refractivity contribution >= 4 is 34.6 Å². The van der Waals surface area contributed by atoms with Crippen LogP contribution in [0.3, 0.4) is 0 Å². The summed E-state index contributed by atoms with van der Waals surface area (Å²) in [5.74, 6) is 0.841. The molecule has 0 aliphatic heterocycles. The number of benzene rings is 1. The number of hydrogen-bond acceptors (Lipinski definition) is 3. The number of anilines is 1. The number of rotatable bonds is 4. The third kappa shape index (κ3) is 3.68. The Morgan fingerprint density at radius 2 is 2.10 bits per heavy atom. The Kier molecular flexibility index (Phi) is 4.57. The van der Waals surface area contributed by atoms with E-state index >= 15 is 0 Å². The van der Waals surface area contributed by atoms with Crippen LogP contribution in [0.4, 0.5) is 5.82 Å². The van der Waals surface area contributed by atoms with Gasteiger partial charge in [0.15, 0.2) is 0 Å². The number of pyridine rings is 1. The summed E-state index contributed by atoms with van der Waals surface area (Å²) in [5, 5.41) is 0.733. The second-order valence-electron chi connectivity index (χ2n) is 4.71. The summed E-state index contributed by atoms with van der Waals surface area (Å²) in [5.41, 5.74) is 8.54. The molecule has 0 atom stereocenters. The van der Waals surface area contributed by atoms with E-state index in [1.807, 2.05) is 55.3 Å². The van der Waals surface area contributed by atoms with E-state index in [-0.39, 0.29) is 0 Å². The van der Waals surface area contributed by atoms with Crippen molar-refractivity contribution in [1.29, 1.82) is 0 Å². The van der Waals surface area contributed by atoms with Gasteiger partial charge in [-0.1, -0.05) is 36.0 Å². The monoisotopic (exact) mass is 305 g/mol. The summed E-state index contributed by atoms with van der Waals surface area (Å²) in [6.07, 6.45) is 0.